The Morgan fingerprint density at radius 1 is 1.47 bits per heavy atom. The standard InChI is InChI=1S/C8H18N2O4S/c1-4-15(12,13)10(2)7-8(11)9-5-6-14-3/h4-7H2,1-3H3,(H,9,11). The van der Waals surface area contributed by atoms with Gasteiger partial charge >= 0.3 is 0 Å². The van der Waals surface area contributed by atoms with Gasteiger partial charge in [0, 0.05) is 20.7 Å². The molecule has 0 saturated heterocycles. The molecule has 0 atom stereocenters. The van der Waals surface area contributed by atoms with Crippen LogP contribution in [0.5, 0.6) is 0 Å². The van der Waals surface area contributed by atoms with Gasteiger partial charge in [0.15, 0.2) is 0 Å². The smallest absolute Gasteiger partial charge is 0.235 e. The molecule has 0 aromatic carbocycles. The zero-order chi connectivity index (χ0) is 11.9. The molecule has 0 saturated carbocycles. The van der Waals surface area contributed by atoms with Gasteiger partial charge in [0.2, 0.25) is 15.9 Å². The van der Waals surface area contributed by atoms with Crippen LogP contribution in [0.1, 0.15) is 6.92 Å². The number of methoxy groups -OCH3 is 1. The van der Waals surface area contributed by atoms with Crippen molar-refractivity contribution in [3.63, 3.8) is 0 Å². The summed E-state index contributed by atoms with van der Waals surface area (Å²) < 4.78 is 28.3. The van der Waals surface area contributed by atoms with E-state index >= 15 is 0 Å². The molecule has 0 aliphatic heterocycles. The third-order valence-electron chi connectivity index (χ3n) is 1.83. The maximum Gasteiger partial charge on any atom is 0.235 e. The number of hydrogen-bond donors (Lipinski definition) is 1. The van der Waals surface area contributed by atoms with Crippen molar-refractivity contribution in [2.24, 2.45) is 0 Å². The minimum absolute atomic E-state index is 0.00511. The van der Waals surface area contributed by atoms with E-state index in [1.54, 1.807) is 0 Å². The number of nitrogens with zero attached hydrogens (tertiary/aromatic N) is 1. The van der Waals surface area contributed by atoms with Crippen molar-refractivity contribution >= 4 is 15.9 Å². The van der Waals surface area contributed by atoms with Crippen molar-refractivity contribution in [3.05, 3.63) is 0 Å². The second-order valence-electron chi connectivity index (χ2n) is 3.00. The highest BCUT2D eigenvalue weighted by Gasteiger charge is 2.17. The fourth-order valence-electron chi connectivity index (χ4n) is 0.869. The van der Waals surface area contributed by atoms with Gasteiger partial charge < -0.3 is 10.1 Å². The molecule has 0 aromatic heterocycles. The van der Waals surface area contributed by atoms with Crippen molar-refractivity contribution in [1.29, 1.82) is 0 Å². The average molecular weight is 238 g/mol. The summed E-state index contributed by atoms with van der Waals surface area (Å²) in [5, 5.41) is 2.54. The second-order valence-corrected chi connectivity index (χ2v) is 5.36. The Balaban J connectivity index is 3.97. The molecule has 1 amide bonds. The topological polar surface area (TPSA) is 75.7 Å². The molecule has 0 bridgehead atoms. The summed E-state index contributed by atoms with van der Waals surface area (Å²) in [6.07, 6.45) is 0. The van der Waals surface area contributed by atoms with Gasteiger partial charge in [-0.15, -0.1) is 0 Å². The molecule has 6 nitrogen and oxygen atoms in total. The SMILES string of the molecule is CCS(=O)(=O)N(C)CC(=O)NCCOC. The quantitative estimate of drug-likeness (QED) is 0.579. The third-order valence-corrected chi connectivity index (χ3v) is 3.64. The molecule has 1 N–H and O–H groups in total. The van der Waals surface area contributed by atoms with Crippen molar-refractivity contribution in [1.82, 2.24) is 9.62 Å². The van der Waals surface area contributed by atoms with Crippen LogP contribution in [0.4, 0.5) is 0 Å². The first-order valence-corrected chi connectivity index (χ1v) is 6.24. The molecule has 0 aliphatic rings. The van der Waals surface area contributed by atoms with E-state index in [-0.39, 0.29) is 18.2 Å². The number of amides is 1. The molecule has 0 rings (SSSR count). The molecule has 0 spiro atoms. The predicted octanol–water partition coefficient (Wildman–Crippen LogP) is -0.969. The predicted molar refractivity (Wildman–Crippen MR) is 57.0 cm³/mol. The lowest BCUT2D eigenvalue weighted by Gasteiger charge is -2.15. The van der Waals surface area contributed by atoms with E-state index in [9.17, 15) is 13.2 Å². The summed E-state index contributed by atoms with van der Waals surface area (Å²) in [4.78, 5) is 11.2. The number of nitrogens with one attached hydrogen (secondary N) is 1. The van der Waals surface area contributed by atoms with Crippen molar-refractivity contribution in [2.45, 2.75) is 6.92 Å². The van der Waals surface area contributed by atoms with Gasteiger partial charge in [0.25, 0.3) is 0 Å². The highest BCUT2D eigenvalue weighted by atomic mass is 32.2. The van der Waals surface area contributed by atoms with Gasteiger partial charge in [-0.3, -0.25) is 4.79 Å². The first-order chi connectivity index (χ1) is 6.94. The molecule has 0 heterocycles. The Kier molecular flexibility index (Phi) is 6.46. The fourth-order valence-corrected chi connectivity index (χ4v) is 1.62. The van der Waals surface area contributed by atoms with E-state index in [1.165, 1.54) is 21.1 Å². The van der Waals surface area contributed by atoms with Crippen LogP contribution >= 0.6 is 0 Å². The maximum absolute atomic E-state index is 11.3. The van der Waals surface area contributed by atoms with Crippen LogP contribution in [0.15, 0.2) is 0 Å². The Hall–Kier alpha value is -0.660. The van der Waals surface area contributed by atoms with Crippen LogP contribution in [0.25, 0.3) is 0 Å². The number of ether oxygens (including phenoxy) is 1. The Bertz CT molecular complexity index is 289. The average Bonchev–Trinajstić information content (AvgIpc) is 2.18. The van der Waals surface area contributed by atoms with Gasteiger partial charge in [0.05, 0.1) is 18.9 Å². The van der Waals surface area contributed by atoms with Crippen LogP contribution in [-0.4, -0.2) is 58.2 Å². The summed E-state index contributed by atoms with van der Waals surface area (Å²) in [6, 6.07) is 0. The molecule has 0 aliphatic carbocycles. The molecule has 0 fully saturated rings. The number of hydrogen-bond acceptors (Lipinski definition) is 4. The third kappa shape index (κ3) is 5.71. The van der Waals surface area contributed by atoms with E-state index in [4.69, 9.17) is 4.74 Å². The number of rotatable bonds is 7. The molecule has 15 heavy (non-hydrogen) atoms. The van der Waals surface area contributed by atoms with Crippen molar-refractivity contribution in [2.75, 3.05) is 39.6 Å². The van der Waals surface area contributed by atoms with Crippen molar-refractivity contribution < 1.29 is 17.9 Å². The maximum atomic E-state index is 11.3. The zero-order valence-electron chi connectivity index (χ0n) is 9.32. The van der Waals surface area contributed by atoms with E-state index < -0.39 is 10.0 Å². The minimum Gasteiger partial charge on any atom is -0.383 e. The molecule has 0 radical (unpaired) electrons. The molecule has 90 valence electrons. The summed E-state index contributed by atoms with van der Waals surface area (Å²) in [5.74, 6) is -0.332. The first kappa shape index (κ1) is 14.3. The van der Waals surface area contributed by atoms with Crippen LogP contribution in [0, 0.1) is 0 Å². The number of carbonyl (C=O) groups is 1. The molecular weight excluding hydrogens is 220 g/mol. The first-order valence-electron chi connectivity index (χ1n) is 4.63. The van der Waals surface area contributed by atoms with Gasteiger partial charge in [-0.05, 0) is 6.92 Å². The monoisotopic (exact) mass is 238 g/mol. The second kappa shape index (κ2) is 6.76. The summed E-state index contributed by atoms with van der Waals surface area (Å²) >= 11 is 0. The number of likely N-dealkylation sites (N-methyl/N-ethyl adjacent to an activating group) is 1. The highest BCUT2D eigenvalue weighted by molar-refractivity contribution is 7.89. The Morgan fingerprint density at radius 3 is 2.53 bits per heavy atom. The van der Waals surface area contributed by atoms with E-state index in [2.05, 4.69) is 5.32 Å². The Morgan fingerprint density at radius 2 is 2.07 bits per heavy atom. The van der Waals surface area contributed by atoms with E-state index in [0.29, 0.717) is 13.2 Å². The van der Waals surface area contributed by atoms with E-state index in [0.717, 1.165) is 4.31 Å². The van der Waals surface area contributed by atoms with E-state index in [1.807, 2.05) is 0 Å². The van der Waals surface area contributed by atoms with Gasteiger partial charge in [-0.25, -0.2) is 8.42 Å². The molecule has 0 aromatic rings. The van der Waals surface area contributed by atoms with Gasteiger partial charge in [-0.2, -0.15) is 4.31 Å². The number of carbonyl (C=O) groups excluding carboxylic acids is 1. The molecule has 7 heteroatoms. The zero-order valence-corrected chi connectivity index (χ0v) is 10.1. The summed E-state index contributed by atoms with van der Waals surface area (Å²) in [5.41, 5.74) is 0. The van der Waals surface area contributed by atoms with Gasteiger partial charge in [0.1, 0.15) is 0 Å². The lowest BCUT2D eigenvalue weighted by atomic mass is 10.5. The van der Waals surface area contributed by atoms with Crippen molar-refractivity contribution in [3.8, 4) is 0 Å². The van der Waals surface area contributed by atoms with Crippen LogP contribution < -0.4 is 5.32 Å². The fraction of sp³-hybridized carbons (Fsp3) is 0.875. The van der Waals surface area contributed by atoms with Gasteiger partial charge in [-0.1, -0.05) is 0 Å². The lowest BCUT2D eigenvalue weighted by Crippen LogP contribution is -2.39. The number of sulfonamides is 1. The normalized spacial score (nSPS) is 11.7. The molecule has 0 unspecified atom stereocenters. The van der Waals surface area contributed by atoms with Crippen LogP contribution in [-0.2, 0) is 19.6 Å². The summed E-state index contributed by atoms with van der Waals surface area (Å²) in [7, 11) is -0.371. The Labute approximate surface area is 90.6 Å². The summed E-state index contributed by atoms with van der Waals surface area (Å²) in [6.45, 7) is 2.18. The largest absolute Gasteiger partial charge is 0.383 e. The van der Waals surface area contributed by atoms with Crippen LogP contribution in [0.3, 0.4) is 0 Å². The highest BCUT2D eigenvalue weighted by Crippen LogP contribution is 1.96. The minimum atomic E-state index is -3.28. The lowest BCUT2D eigenvalue weighted by molar-refractivity contribution is -0.121. The molecular formula is C8H18N2O4S. The van der Waals surface area contributed by atoms with Crippen LogP contribution in [0.2, 0.25) is 0 Å².